The second kappa shape index (κ2) is 4.92. The molecule has 5 nitrogen and oxygen atoms in total. The minimum absolute atomic E-state index is 0.136. The lowest BCUT2D eigenvalue weighted by Crippen LogP contribution is -2.02. The quantitative estimate of drug-likeness (QED) is 0.668. The second-order valence-electron chi connectivity index (χ2n) is 3.55. The molecule has 2 aromatic rings. The van der Waals surface area contributed by atoms with Crippen LogP contribution in [0.5, 0.6) is 0 Å². The van der Waals surface area contributed by atoms with Crippen LogP contribution in [0.1, 0.15) is 10.4 Å². The number of hydrogen-bond acceptors (Lipinski definition) is 5. The van der Waals surface area contributed by atoms with E-state index in [1.54, 1.807) is 36.8 Å². The number of nitrogens with zero attached hydrogens (tertiary/aromatic N) is 2. The summed E-state index contributed by atoms with van der Waals surface area (Å²) in [6, 6.07) is 5.25. The van der Waals surface area contributed by atoms with Gasteiger partial charge in [0.15, 0.2) is 0 Å². The fourth-order valence-corrected chi connectivity index (χ4v) is 2.09. The average molecular weight is 249 g/mol. The van der Waals surface area contributed by atoms with Crippen LogP contribution in [0.2, 0.25) is 0 Å². The van der Waals surface area contributed by atoms with Crippen molar-refractivity contribution in [3.63, 3.8) is 0 Å². The van der Waals surface area contributed by atoms with Gasteiger partial charge < -0.3 is 5.32 Å². The van der Waals surface area contributed by atoms with Crippen molar-refractivity contribution < 1.29 is 4.92 Å². The number of aryl methyl sites for hydroxylation is 1. The van der Waals surface area contributed by atoms with Gasteiger partial charge in [0, 0.05) is 16.6 Å². The molecule has 1 N–H and O–H groups in total. The van der Waals surface area contributed by atoms with Crippen LogP contribution in [-0.2, 0) is 6.54 Å². The fourth-order valence-electron chi connectivity index (χ4n) is 1.56. The Morgan fingerprint density at radius 3 is 3.00 bits per heavy atom. The van der Waals surface area contributed by atoms with E-state index in [-0.39, 0.29) is 10.6 Å². The van der Waals surface area contributed by atoms with Gasteiger partial charge in [-0.05, 0) is 13.0 Å². The summed E-state index contributed by atoms with van der Waals surface area (Å²) in [5.41, 5.74) is 3.08. The summed E-state index contributed by atoms with van der Waals surface area (Å²) in [5.74, 6) is 0. The number of para-hydroxylation sites is 1. The largest absolute Gasteiger partial charge is 0.375 e. The molecule has 0 radical (unpaired) electrons. The maximum absolute atomic E-state index is 11.0. The van der Waals surface area contributed by atoms with Gasteiger partial charge in [-0.3, -0.25) is 15.1 Å². The zero-order valence-electron chi connectivity index (χ0n) is 9.21. The van der Waals surface area contributed by atoms with Crippen LogP contribution in [-0.4, -0.2) is 9.91 Å². The van der Waals surface area contributed by atoms with Crippen molar-refractivity contribution in [3.8, 4) is 0 Å². The van der Waals surface area contributed by atoms with Crippen LogP contribution >= 0.6 is 11.3 Å². The summed E-state index contributed by atoms with van der Waals surface area (Å²) in [6.07, 6.45) is 1.75. The maximum atomic E-state index is 11.0. The number of rotatable bonds is 4. The summed E-state index contributed by atoms with van der Waals surface area (Å²) in [4.78, 5) is 15.6. The van der Waals surface area contributed by atoms with Crippen LogP contribution < -0.4 is 5.32 Å². The topological polar surface area (TPSA) is 68.1 Å². The smallest absolute Gasteiger partial charge is 0.295 e. The number of thiazole rings is 1. The number of nitrogens with one attached hydrogen (secondary N) is 1. The van der Waals surface area contributed by atoms with Gasteiger partial charge in [0.05, 0.1) is 17.0 Å². The van der Waals surface area contributed by atoms with Crippen molar-refractivity contribution in [2.45, 2.75) is 13.5 Å². The second-order valence-corrected chi connectivity index (χ2v) is 4.52. The molecule has 6 heteroatoms. The minimum Gasteiger partial charge on any atom is -0.375 e. The third kappa shape index (κ3) is 2.59. The lowest BCUT2D eigenvalue weighted by atomic mass is 10.1. The normalized spacial score (nSPS) is 10.2. The summed E-state index contributed by atoms with van der Waals surface area (Å²) in [5, 5.41) is 14.0. The molecular weight excluding hydrogens is 238 g/mol. The monoisotopic (exact) mass is 249 g/mol. The molecule has 0 atom stereocenters. The first-order valence-corrected chi connectivity index (χ1v) is 5.91. The molecule has 17 heavy (non-hydrogen) atoms. The van der Waals surface area contributed by atoms with E-state index in [2.05, 4.69) is 10.3 Å². The molecule has 0 saturated carbocycles. The minimum atomic E-state index is -0.357. The highest BCUT2D eigenvalue weighted by Crippen LogP contribution is 2.28. The molecule has 0 spiro atoms. The predicted molar refractivity (Wildman–Crippen MR) is 67.3 cm³/mol. The molecule has 88 valence electrons. The Balaban J connectivity index is 2.21. The van der Waals surface area contributed by atoms with Gasteiger partial charge in [0.25, 0.3) is 5.69 Å². The predicted octanol–water partition coefficient (Wildman–Crippen LogP) is 2.97. The Bertz CT molecular complexity index is 526. The van der Waals surface area contributed by atoms with Gasteiger partial charge in [-0.25, -0.2) is 0 Å². The summed E-state index contributed by atoms with van der Waals surface area (Å²) in [7, 11) is 0. The van der Waals surface area contributed by atoms with Crippen molar-refractivity contribution in [1.29, 1.82) is 0 Å². The van der Waals surface area contributed by atoms with Crippen molar-refractivity contribution in [2.75, 3.05) is 5.32 Å². The van der Waals surface area contributed by atoms with E-state index in [1.807, 2.05) is 0 Å². The van der Waals surface area contributed by atoms with Gasteiger partial charge in [-0.1, -0.05) is 12.1 Å². The van der Waals surface area contributed by atoms with Crippen LogP contribution in [0.3, 0.4) is 0 Å². The van der Waals surface area contributed by atoms with Crippen LogP contribution in [0, 0.1) is 17.0 Å². The van der Waals surface area contributed by atoms with Crippen LogP contribution in [0.4, 0.5) is 11.4 Å². The Morgan fingerprint density at radius 2 is 2.35 bits per heavy atom. The molecule has 0 unspecified atom stereocenters. The van der Waals surface area contributed by atoms with E-state index in [4.69, 9.17) is 0 Å². The molecule has 0 amide bonds. The molecule has 0 saturated heterocycles. The molecular formula is C11H11N3O2S. The molecule has 1 aromatic carbocycles. The number of benzene rings is 1. The standard InChI is InChI=1S/C11H11N3O2S/c1-8-3-2-4-10(11(8)14(15)16)13-6-9-5-12-7-17-9/h2-5,7,13H,6H2,1H3. The Kier molecular flexibility index (Phi) is 3.34. The summed E-state index contributed by atoms with van der Waals surface area (Å²) >= 11 is 1.52. The molecule has 0 aliphatic heterocycles. The number of nitro benzene ring substituents is 1. The lowest BCUT2D eigenvalue weighted by Gasteiger charge is -2.07. The zero-order chi connectivity index (χ0) is 12.3. The van der Waals surface area contributed by atoms with E-state index in [0.29, 0.717) is 17.8 Å². The van der Waals surface area contributed by atoms with Crippen molar-refractivity contribution >= 4 is 22.7 Å². The third-order valence-electron chi connectivity index (χ3n) is 2.36. The van der Waals surface area contributed by atoms with Gasteiger partial charge in [0.2, 0.25) is 0 Å². The maximum Gasteiger partial charge on any atom is 0.295 e. The molecule has 1 heterocycles. The molecule has 0 fully saturated rings. The molecule has 0 bridgehead atoms. The van der Waals surface area contributed by atoms with Gasteiger partial charge >= 0.3 is 0 Å². The molecule has 0 aliphatic carbocycles. The van der Waals surface area contributed by atoms with Crippen LogP contribution in [0.25, 0.3) is 0 Å². The number of nitro groups is 1. The van der Waals surface area contributed by atoms with E-state index >= 15 is 0 Å². The van der Waals surface area contributed by atoms with Gasteiger partial charge in [0.1, 0.15) is 5.69 Å². The van der Waals surface area contributed by atoms with E-state index in [0.717, 1.165) is 4.88 Å². The van der Waals surface area contributed by atoms with Crippen molar-refractivity contribution in [3.05, 3.63) is 50.5 Å². The first-order chi connectivity index (χ1) is 8.18. The number of hydrogen-bond donors (Lipinski definition) is 1. The molecule has 2 rings (SSSR count). The van der Waals surface area contributed by atoms with Crippen LogP contribution in [0.15, 0.2) is 29.9 Å². The highest BCUT2D eigenvalue weighted by Gasteiger charge is 2.16. The summed E-state index contributed by atoms with van der Waals surface area (Å²) in [6.45, 7) is 2.28. The van der Waals surface area contributed by atoms with Crippen molar-refractivity contribution in [2.24, 2.45) is 0 Å². The molecule has 1 aromatic heterocycles. The fraction of sp³-hybridized carbons (Fsp3) is 0.182. The van der Waals surface area contributed by atoms with E-state index < -0.39 is 0 Å². The van der Waals surface area contributed by atoms with E-state index in [1.165, 1.54) is 11.3 Å². The van der Waals surface area contributed by atoms with Crippen molar-refractivity contribution in [1.82, 2.24) is 4.98 Å². The molecule has 0 aliphatic rings. The Labute approximate surface area is 102 Å². The lowest BCUT2D eigenvalue weighted by molar-refractivity contribution is -0.384. The number of anilines is 1. The van der Waals surface area contributed by atoms with Gasteiger partial charge in [-0.2, -0.15) is 0 Å². The van der Waals surface area contributed by atoms with E-state index in [9.17, 15) is 10.1 Å². The summed E-state index contributed by atoms with van der Waals surface area (Å²) < 4.78 is 0. The first-order valence-electron chi connectivity index (χ1n) is 5.03. The third-order valence-corrected chi connectivity index (χ3v) is 3.14. The highest BCUT2D eigenvalue weighted by atomic mass is 32.1. The Hall–Kier alpha value is -1.95. The Morgan fingerprint density at radius 1 is 1.53 bits per heavy atom. The zero-order valence-corrected chi connectivity index (χ0v) is 10.0. The number of aromatic nitrogens is 1. The van der Waals surface area contributed by atoms with Gasteiger partial charge in [-0.15, -0.1) is 11.3 Å². The SMILES string of the molecule is Cc1cccc(NCc2cncs2)c1[N+](=O)[O-]. The average Bonchev–Trinajstić information content (AvgIpc) is 2.78. The highest BCUT2D eigenvalue weighted by molar-refractivity contribution is 7.09. The first kappa shape index (κ1) is 11.5.